The molecule has 2 aliphatic rings. The first-order valence-corrected chi connectivity index (χ1v) is 10.5. The SMILES string of the molecule is CC(C)c1cn(CC[C@H]2CC[C@H](NC(=O)C3CCCCC3)[C@@H](CO)O2)nn1. The topological polar surface area (TPSA) is 89.3 Å². The Balaban J connectivity index is 1.46. The molecular formula is C20H34N4O3. The molecule has 1 amide bonds. The van der Waals surface area contributed by atoms with Crippen LogP contribution in [0.25, 0.3) is 0 Å². The van der Waals surface area contributed by atoms with E-state index in [-0.39, 0.29) is 36.7 Å². The van der Waals surface area contributed by atoms with Crippen LogP contribution in [0.1, 0.15) is 76.8 Å². The molecule has 3 atom stereocenters. The zero-order valence-corrected chi connectivity index (χ0v) is 16.6. The molecule has 0 radical (unpaired) electrons. The molecule has 0 spiro atoms. The first-order chi connectivity index (χ1) is 13.1. The number of nitrogens with zero attached hydrogens (tertiary/aromatic N) is 3. The maximum atomic E-state index is 12.5. The number of amides is 1. The number of aliphatic hydroxyl groups excluding tert-OH is 1. The second-order valence-electron chi connectivity index (χ2n) is 8.36. The summed E-state index contributed by atoms with van der Waals surface area (Å²) in [5, 5.41) is 21.3. The van der Waals surface area contributed by atoms with Gasteiger partial charge in [0, 0.05) is 18.7 Å². The summed E-state index contributed by atoms with van der Waals surface area (Å²) >= 11 is 0. The van der Waals surface area contributed by atoms with E-state index in [1.54, 1.807) is 0 Å². The molecule has 0 aromatic carbocycles. The fourth-order valence-electron chi connectivity index (χ4n) is 4.14. The highest BCUT2D eigenvalue weighted by Gasteiger charge is 2.33. The number of carbonyl (C=O) groups excluding carboxylic acids is 1. The first kappa shape index (κ1) is 20.3. The Kier molecular flexibility index (Phi) is 7.24. The summed E-state index contributed by atoms with van der Waals surface area (Å²) in [6.07, 6.45) is 9.82. The van der Waals surface area contributed by atoms with Crippen LogP contribution >= 0.6 is 0 Å². The Labute approximate surface area is 161 Å². The number of aromatic nitrogens is 3. The van der Waals surface area contributed by atoms with E-state index in [9.17, 15) is 9.90 Å². The van der Waals surface area contributed by atoms with Crippen LogP contribution in [0.3, 0.4) is 0 Å². The highest BCUT2D eigenvalue weighted by atomic mass is 16.5. The molecule has 27 heavy (non-hydrogen) atoms. The van der Waals surface area contributed by atoms with Crippen molar-refractivity contribution in [2.24, 2.45) is 5.92 Å². The number of aryl methyl sites for hydroxylation is 1. The van der Waals surface area contributed by atoms with Gasteiger partial charge in [0.1, 0.15) is 6.10 Å². The molecule has 1 aromatic rings. The average molecular weight is 379 g/mol. The standard InChI is InChI=1S/C20H34N4O3/c1-14(2)18-12-24(23-22-18)11-10-16-8-9-17(19(13-25)27-16)21-20(26)15-6-4-3-5-7-15/h12,14-17,19,25H,3-11,13H2,1-2H3,(H,21,26)/t16-,17+,19-/m1/s1. The third-order valence-electron chi connectivity index (χ3n) is 5.93. The minimum Gasteiger partial charge on any atom is -0.394 e. The largest absolute Gasteiger partial charge is 0.394 e. The zero-order chi connectivity index (χ0) is 19.2. The molecule has 1 aliphatic carbocycles. The average Bonchev–Trinajstić information content (AvgIpc) is 3.17. The number of hydrogen-bond donors (Lipinski definition) is 2. The van der Waals surface area contributed by atoms with Gasteiger partial charge in [-0.25, -0.2) is 0 Å². The highest BCUT2D eigenvalue weighted by molar-refractivity contribution is 5.79. The lowest BCUT2D eigenvalue weighted by atomic mass is 9.88. The zero-order valence-electron chi connectivity index (χ0n) is 16.6. The van der Waals surface area contributed by atoms with Crippen LogP contribution in [0.5, 0.6) is 0 Å². The summed E-state index contributed by atoms with van der Waals surface area (Å²) in [5.74, 6) is 0.652. The predicted molar refractivity (Wildman–Crippen MR) is 102 cm³/mol. The Bertz CT molecular complexity index is 598. The van der Waals surface area contributed by atoms with Crippen LogP contribution in [0, 0.1) is 5.92 Å². The lowest BCUT2D eigenvalue weighted by molar-refractivity contribution is -0.133. The van der Waals surface area contributed by atoms with Crippen LogP contribution in [0.4, 0.5) is 0 Å². The summed E-state index contributed by atoms with van der Waals surface area (Å²) in [5.41, 5.74) is 0.998. The van der Waals surface area contributed by atoms with E-state index in [2.05, 4.69) is 29.5 Å². The second-order valence-corrected chi connectivity index (χ2v) is 8.36. The molecule has 7 nitrogen and oxygen atoms in total. The van der Waals surface area contributed by atoms with Crippen LogP contribution in [0.2, 0.25) is 0 Å². The molecule has 152 valence electrons. The maximum absolute atomic E-state index is 12.5. The van der Waals surface area contributed by atoms with Crippen molar-refractivity contribution in [2.45, 2.75) is 95.9 Å². The number of nitrogens with one attached hydrogen (secondary N) is 1. The number of rotatable bonds is 7. The number of ether oxygens (including phenoxy) is 1. The van der Waals surface area contributed by atoms with E-state index >= 15 is 0 Å². The van der Waals surface area contributed by atoms with E-state index in [0.29, 0.717) is 5.92 Å². The molecule has 7 heteroatoms. The first-order valence-electron chi connectivity index (χ1n) is 10.5. The lowest BCUT2D eigenvalue weighted by Crippen LogP contribution is -2.52. The Morgan fingerprint density at radius 3 is 2.74 bits per heavy atom. The summed E-state index contributed by atoms with van der Waals surface area (Å²) in [6.45, 7) is 4.90. The molecule has 0 bridgehead atoms. The van der Waals surface area contributed by atoms with Gasteiger partial charge in [0.2, 0.25) is 5.91 Å². The maximum Gasteiger partial charge on any atom is 0.223 e. The summed E-state index contributed by atoms with van der Waals surface area (Å²) < 4.78 is 7.95. The molecular weight excluding hydrogens is 344 g/mol. The van der Waals surface area contributed by atoms with Gasteiger partial charge >= 0.3 is 0 Å². The molecule has 2 heterocycles. The number of hydrogen-bond acceptors (Lipinski definition) is 5. The third-order valence-corrected chi connectivity index (χ3v) is 5.93. The molecule has 2 fully saturated rings. The smallest absolute Gasteiger partial charge is 0.223 e. The van der Waals surface area contributed by atoms with Gasteiger partial charge in [0.25, 0.3) is 0 Å². The molecule has 3 rings (SSSR count). The minimum atomic E-state index is -0.321. The van der Waals surface area contributed by atoms with Gasteiger partial charge in [-0.3, -0.25) is 9.48 Å². The Morgan fingerprint density at radius 1 is 1.30 bits per heavy atom. The summed E-state index contributed by atoms with van der Waals surface area (Å²) in [6, 6.07) is -0.0837. The van der Waals surface area contributed by atoms with E-state index in [1.165, 1.54) is 6.42 Å². The lowest BCUT2D eigenvalue weighted by Gasteiger charge is -2.37. The quantitative estimate of drug-likeness (QED) is 0.760. The van der Waals surface area contributed by atoms with Crippen molar-refractivity contribution in [3.05, 3.63) is 11.9 Å². The second kappa shape index (κ2) is 9.64. The monoisotopic (exact) mass is 378 g/mol. The Morgan fingerprint density at radius 2 is 2.07 bits per heavy atom. The third kappa shape index (κ3) is 5.51. The van der Waals surface area contributed by atoms with Crippen molar-refractivity contribution >= 4 is 5.91 Å². The van der Waals surface area contributed by atoms with E-state index < -0.39 is 0 Å². The molecule has 0 unspecified atom stereocenters. The van der Waals surface area contributed by atoms with Crippen LogP contribution in [-0.2, 0) is 16.1 Å². The highest BCUT2D eigenvalue weighted by Crippen LogP contribution is 2.26. The van der Waals surface area contributed by atoms with Gasteiger partial charge in [0.15, 0.2) is 0 Å². The van der Waals surface area contributed by atoms with Gasteiger partial charge in [-0.05, 0) is 38.0 Å². The van der Waals surface area contributed by atoms with Crippen molar-refractivity contribution in [3.8, 4) is 0 Å². The molecule has 1 aliphatic heterocycles. The fourth-order valence-corrected chi connectivity index (χ4v) is 4.14. The normalized spacial score (nSPS) is 27.0. The van der Waals surface area contributed by atoms with Gasteiger partial charge in [-0.2, -0.15) is 0 Å². The Hall–Kier alpha value is -1.47. The number of carbonyl (C=O) groups is 1. The van der Waals surface area contributed by atoms with Gasteiger partial charge in [-0.1, -0.05) is 38.3 Å². The minimum absolute atomic E-state index is 0.0626. The molecule has 1 aromatic heterocycles. The van der Waals surface area contributed by atoms with Crippen molar-refractivity contribution in [2.75, 3.05) is 6.61 Å². The fraction of sp³-hybridized carbons (Fsp3) is 0.850. The number of aliphatic hydroxyl groups is 1. The van der Waals surface area contributed by atoms with Crippen LogP contribution in [0.15, 0.2) is 6.20 Å². The van der Waals surface area contributed by atoms with Crippen molar-refractivity contribution < 1.29 is 14.6 Å². The summed E-state index contributed by atoms with van der Waals surface area (Å²) in [4.78, 5) is 12.5. The molecule has 2 N–H and O–H groups in total. The molecule has 1 saturated heterocycles. The van der Waals surface area contributed by atoms with E-state index in [0.717, 1.165) is 57.2 Å². The van der Waals surface area contributed by atoms with Crippen LogP contribution in [-0.4, -0.2) is 50.9 Å². The molecule has 1 saturated carbocycles. The summed E-state index contributed by atoms with van der Waals surface area (Å²) in [7, 11) is 0. The van der Waals surface area contributed by atoms with Gasteiger partial charge < -0.3 is 15.2 Å². The van der Waals surface area contributed by atoms with E-state index in [4.69, 9.17) is 4.74 Å². The van der Waals surface area contributed by atoms with E-state index in [1.807, 2.05) is 10.9 Å². The van der Waals surface area contributed by atoms with Crippen molar-refractivity contribution in [1.82, 2.24) is 20.3 Å². The van der Waals surface area contributed by atoms with Gasteiger partial charge in [-0.15, -0.1) is 5.10 Å². The van der Waals surface area contributed by atoms with Gasteiger partial charge in [0.05, 0.1) is 24.4 Å². The predicted octanol–water partition coefficient (Wildman–Crippen LogP) is 2.40. The van der Waals surface area contributed by atoms with Crippen LogP contribution < -0.4 is 5.32 Å². The van der Waals surface area contributed by atoms with Crippen molar-refractivity contribution in [1.29, 1.82) is 0 Å². The van der Waals surface area contributed by atoms with Crippen molar-refractivity contribution in [3.63, 3.8) is 0 Å².